The number of fused-ring (bicyclic) bond motifs is 1. The largest absolute Gasteiger partial charge is 0.305 e. The summed E-state index contributed by atoms with van der Waals surface area (Å²) in [7, 11) is 0. The molecule has 1 aromatic carbocycles. The Labute approximate surface area is 135 Å². The van der Waals surface area contributed by atoms with E-state index in [9.17, 15) is 4.79 Å². The number of carbonyl (C=O) groups is 1. The number of benzene rings is 1. The number of aromatic nitrogens is 2. The first-order valence-corrected chi connectivity index (χ1v) is 7.57. The van der Waals surface area contributed by atoms with Crippen molar-refractivity contribution in [1.82, 2.24) is 9.97 Å². The molecule has 0 radical (unpaired) electrons. The van der Waals surface area contributed by atoms with Gasteiger partial charge in [0.25, 0.3) is 5.91 Å². The topological polar surface area (TPSA) is 54.9 Å². The lowest BCUT2D eigenvalue weighted by molar-refractivity contribution is 0.102. The molecule has 1 amide bonds. The van der Waals surface area contributed by atoms with Gasteiger partial charge in [0.05, 0.1) is 0 Å². The zero-order chi connectivity index (χ0) is 16.4. The molecular weight excluding hydrogens is 286 g/mol. The van der Waals surface area contributed by atoms with Gasteiger partial charge in [0.1, 0.15) is 5.52 Å². The molecule has 3 rings (SSSR count). The fraction of sp³-hybridized carbons (Fsp3) is 0.211. The number of nitrogens with one attached hydrogen (secondary N) is 1. The van der Waals surface area contributed by atoms with E-state index in [-0.39, 0.29) is 11.3 Å². The second-order valence-electron chi connectivity index (χ2n) is 6.52. The van der Waals surface area contributed by atoms with Crippen LogP contribution in [0, 0.1) is 0 Å². The zero-order valence-electron chi connectivity index (χ0n) is 13.5. The predicted octanol–water partition coefficient (Wildman–Crippen LogP) is 4.18. The second-order valence-corrected chi connectivity index (χ2v) is 6.52. The van der Waals surface area contributed by atoms with Gasteiger partial charge in [-0.2, -0.15) is 0 Å². The SMILES string of the molecule is CC(C)(C)c1ccc(C(=O)Nc2nccc3cccnc23)cc1. The van der Waals surface area contributed by atoms with E-state index < -0.39 is 0 Å². The van der Waals surface area contributed by atoms with E-state index in [1.54, 1.807) is 12.4 Å². The molecule has 4 heteroatoms. The van der Waals surface area contributed by atoms with E-state index in [4.69, 9.17) is 0 Å². The van der Waals surface area contributed by atoms with Crippen LogP contribution in [-0.2, 0) is 5.41 Å². The van der Waals surface area contributed by atoms with E-state index in [0.717, 1.165) is 5.39 Å². The van der Waals surface area contributed by atoms with Crippen molar-refractivity contribution < 1.29 is 4.79 Å². The second kappa shape index (κ2) is 5.80. The first-order chi connectivity index (χ1) is 10.9. The van der Waals surface area contributed by atoms with Gasteiger partial charge in [0.15, 0.2) is 5.82 Å². The number of rotatable bonds is 2. The Hall–Kier alpha value is -2.75. The molecule has 0 unspecified atom stereocenters. The number of nitrogens with zero attached hydrogens (tertiary/aromatic N) is 2. The van der Waals surface area contributed by atoms with Gasteiger partial charge >= 0.3 is 0 Å². The number of carbonyl (C=O) groups excluding carboxylic acids is 1. The Kier molecular flexibility index (Phi) is 3.82. The molecule has 4 nitrogen and oxygen atoms in total. The van der Waals surface area contributed by atoms with Gasteiger partial charge in [-0.3, -0.25) is 9.78 Å². The lowest BCUT2D eigenvalue weighted by atomic mass is 9.87. The minimum absolute atomic E-state index is 0.0656. The number of hydrogen-bond acceptors (Lipinski definition) is 3. The molecule has 1 N–H and O–H groups in total. The third-order valence-corrected chi connectivity index (χ3v) is 3.77. The summed E-state index contributed by atoms with van der Waals surface area (Å²) in [6, 6.07) is 13.3. The Morgan fingerprint density at radius 1 is 0.957 bits per heavy atom. The van der Waals surface area contributed by atoms with Crippen molar-refractivity contribution in [2.45, 2.75) is 26.2 Å². The molecule has 2 heterocycles. The summed E-state index contributed by atoms with van der Waals surface area (Å²) in [6.45, 7) is 6.44. The van der Waals surface area contributed by atoms with Crippen LogP contribution in [0.3, 0.4) is 0 Å². The maximum absolute atomic E-state index is 12.4. The Bertz CT molecular complexity index is 843. The van der Waals surface area contributed by atoms with Crippen LogP contribution in [-0.4, -0.2) is 15.9 Å². The number of pyridine rings is 2. The highest BCUT2D eigenvalue weighted by molar-refractivity contribution is 6.07. The van der Waals surface area contributed by atoms with E-state index in [1.807, 2.05) is 42.5 Å². The average molecular weight is 305 g/mol. The van der Waals surface area contributed by atoms with Crippen LogP contribution in [0.5, 0.6) is 0 Å². The number of hydrogen-bond donors (Lipinski definition) is 1. The highest BCUT2D eigenvalue weighted by Gasteiger charge is 2.15. The van der Waals surface area contributed by atoms with Crippen molar-refractivity contribution in [3.8, 4) is 0 Å². The molecule has 3 aromatic rings. The quantitative estimate of drug-likeness (QED) is 0.772. The molecule has 0 spiro atoms. The normalized spacial score (nSPS) is 11.4. The smallest absolute Gasteiger partial charge is 0.256 e. The van der Waals surface area contributed by atoms with E-state index in [2.05, 4.69) is 36.1 Å². The molecule has 0 saturated heterocycles. The molecule has 0 aliphatic carbocycles. The van der Waals surface area contributed by atoms with Crippen LogP contribution in [0.2, 0.25) is 0 Å². The van der Waals surface area contributed by atoms with Gasteiger partial charge in [-0.25, -0.2) is 4.98 Å². The summed E-state index contributed by atoms with van der Waals surface area (Å²) in [5.41, 5.74) is 2.55. The molecule has 0 bridgehead atoms. The Morgan fingerprint density at radius 3 is 2.39 bits per heavy atom. The summed E-state index contributed by atoms with van der Waals surface area (Å²) >= 11 is 0. The van der Waals surface area contributed by atoms with Crippen molar-refractivity contribution in [1.29, 1.82) is 0 Å². The predicted molar refractivity (Wildman–Crippen MR) is 92.6 cm³/mol. The minimum atomic E-state index is -0.184. The molecule has 0 aliphatic heterocycles. The maximum atomic E-state index is 12.4. The standard InChI is InChI=1S/C19H19N3O/c1-19(2,3)15-8-6-14(7-9-15)18(23)22-17-16-13(10-12-21-17)5-4-11-20-16/h4-12H,1-3H3,(H,21,22,23). The van der Waals surface area contributed by atoms with Gasteiger partial charge in [-0.1, -0.05) is 39.0 Å². The molecule has 23 heavy (non-hydrogen) atoms. The molecular formula is C19H19N3O. The van der Waals surface area contributed by atoms with Crippen molar-refractivity contribution in [2.24, 2.45) is 0 Å². The molecule has 2 aromatic heterocycles. The maximum Gasteiger partial charge on any atom is 0.256 e. The summed E-state index contributed by atoms with van der Waals surface area (Å²) in [5, 5.41) is 3.79. The van der Waals surface area contributed by atoms with Gasteiger partial charge < -0.3 is 5.32 Å². The minimum Gasteiger partial charge on any atom is -0.305 e. The van der Waals surface area contributed by atoms with Gasteiger partial charge in [-0.05, 0) is 35.2 Å². The van der Waals surface area contributed by atoms with Gasteiger partial charge in [0, 0.05) is 23.3 Å². The van der Waals surface area contributed by atoms with Crippen LogP contribution in [0.4, 0.5) is 5.82 Å². The first kappa shape index (κ1) is 15.2. The summed E-state index contributed by atoms with van der Waals surface area (Å²) in [4.78, 5) is 21.0. The molecule has 0 atom stereocenters. The van der Waals surface area contributed by atoms with Crippen LogP contribution < -0.4 is 5.32 Å². The van der Waals surface area contributed by atoms with E-state index in [0.29, 0.717) is 16.9 Å². The Balaban J connectivity index is 1.86. The van der Waals surface area contributed by atoms with Crippen LogP contribution in [0.25, 0.3) is 10.9 Å². The summed E-state index contributed by atoms with van der Waals surface area (Å²) in [5.74, 6) is 0.295. The third kappa shape index (κ3) is 3.21. The lowest BCUT2D eigenvalue weighted by Crippen LogP contribution is -2.15. The number of anilines is 1. The van der Waals surface area contributed by atoms with Crippen LogP contribution in [0.1, 0.15) is 36.7 Å². The molecule has 0 saturated carbocycles. The summed E-state index contributed by atoms with van der Waals surface area (Å²) < 4.78 is 0. The first-order valence-electron chi connectivity index (χ1n) is 7.57. The number of amides is 1. The molecule has 0 aliphatic rings. The Morgan fingerprint density at radius 2 is 1.70 bits per heavy atom. The van der Waals surface area contributed by atoms with E-state index in [1.165, 1.54) is 5.56 Å². The van der Waals surface area contributed by atoms with Crippen LogP contribution in [0.15, 0.2) is 54.9 Å². The van der Waals surface area contributed by atoms with Crippen molar-refractivity contribution in [2.75, 3.05) is 5.32 Å². The fourth-order valence-electron chi connectivity index (χ4n) is 2.40. The monoisotopic (exact) mass is 305 g/mol. The van der Waals surface area contributed by atoms with Crippen molar-refractivity contribution >= 4 is 22.6 Å². The average Bonchev–Trinajstić information content (AvgIpc) is 2.54. The lowest BCUT2D eigenvalue weighted by Gasteiger charge is -2.19. The third-order valence-electron chi connectivity index (χ3n) is 3.77. The van der Waals surface area contributed by atoms with Gasteiger partial charge in [0.2, 0.25) is 0 Å². The summed E-state index contributed by atoms with van der Waals surface area (Å²) in [6.07, 6.45) is 3.36. The highest BCUT2D eigenvalue weighted by Crippen LogP contribution is 2.23. The molecule has 116 valence electrons. The molecule has 0 fully saturated rings. The van der Waals surface area contributed by atoms with Crippen LogP contribution >= 0.6 is 0 Å². The van der Waals surface area contributed by atoms with E-state index >= 15 is 0 Å². The highest BCUT2D eigenvalue weighted by atomic mass is 16.1. The zero-order valence-corrected chi connectivity index (χ0v) is 13.5. The van der Waals surface area contributed by atoms with Crippen molar-refractivity contribution in [3.63, 3.8) is 0 Å². The van der Waals surface area contributed by atoms with Crippen molar-refractivity contribution in [3.05, 3.63) is 66.0 Å². The van der Waals surface area contributed by atoms with Gasteiger partial charge in [-0.15, -0.1) is 0 Å². The fourth-order valence-corrected chi connectivity index (χ4v) is 2.40.